The van der Waals surface area contributed by atoms with Crippen LogP contribution in [-0.4, -0.2) is 19.2 Å². The Kier molecular flexibility index (Phi) is 8.21. The van der Waals surface area contributed by atoms with Crippen molar-refractivity contribution in [1.82, 2.24) is 0 Å². The van der Waals surface area contributed by atoms with Gasteiger partial charge in [0, 0.05) is 11.1 Å². The molecule has 5 heteroatoms. The van der Waals surface area contributed by atoms with Crippen LogP contribution in [0.2, 0.25) is 5.02 Å². The van der Waals surface area contributed by atoms with Crippen molar-refractivity contribution >= 4 is 23.6 Å². The molecule has 0 aliphatic heterocycles. The fraction of sp³-hybridized carbons (Fsp3) is 0.318. The van der Waals surface area contributed by atoms with Crippen LogP contribution in [0, 0.1) is 6.92 Å². The summed E-state index contributed by atoms with van der Waals surface area (Å²) in [7, 11) is 0. The first-order chi connectivity index (χ1) is 13.0. The first kappa shape index (κ1) is 20.8. The van der Waals surface area contributed by atoms with Gasteiger partial charge in [0.1, 0.15) is 5.75 Å². The normalized spacial score (nSPS) is 10.8. The van der Waals surface area contributed by atoms with Crippen molar-refractivity contribution in [2.75, 3.05) is 13.2 Å². The quantitative estimate of drug-likeness (QED) is 0.234. The summed E-state index contributed by atoms with van der Waals surface area (Å²) in [6.45, 7) is 7.08. The SMILES string of the molecule is CCCCOc1ccc(/C=C/C(=O)Oc2ccc(Cl)c(C)c2)cc1OCC. The molecule has 0 atom stereocenters. The Labute approximate surface area is 165 Å². The van der Waals surface area contributed by atoms with Gasteiger partial charge in [0.05, 0.1) is 13.2 Å². The van der Waals surface area contributed by atoms with E-state index in [1.54, 1.807) is 24.3 Å². The van der Waals surface area contributed by atoms with Crippen LogP contribution < -0.4 is 14.2 Å². The molecule has 0 amide bonds. The molecule has 4 nitrogen and oxygen atoms in total. The van der Waals surface area contributed by atoms with Crippen LogP contribution in [0.3, 0.4) is 0 Å². The van der Waals surface area contributed by atoms with Gasteiger partial charge in [0.15, 0.2) is 11.5 Å². The highest BCUT2D eigenvalue weighted by molar-refractivity contribution is 6.31. The molecule has 2 aromatic carbocycles. The monoisotopic (exact) mass is 388 g/mol. The van der Waals surface area contributed by atoms with E-state index in [0.29, 0.717) is 35.5 Å². The van der Waals surface area contributed by atoms with Crippen molar-refractivity contribution in [2.24, 2.45) is 0 Å². The number of rotatable bonds is 9. The first-order valence-corrected chi connectivity index (χ1v) is 9.47. The van der Waals surface area contributed by atoms with Gasteiger partial charge in [0.25, 0.3) is 0 Å². The molecule has 27 heavy (non-hydrogen) atoms. The summed E-state index contributed by atoms with van der Waals surface area (Å²) in [6.07, 6.45) is 5.12. The lowest BCUT2D eigenvalue weighted by Crippen LogP contribution is -2.04. The zero-order valence-corrected chi connectivity index (χ0v) is 16.7. The van der Waals surface area contributed by atoms with Crippen molar-refractivity contribution in [2.45, 2.75) is 33.6 Å². The Morgan fingerprint density at radius 3 is 2.59 bits per heavy atom. The predicted molar refractivity (Wildman–Crippen MR) is 109 cm³/mol. The van der Waals surface area contributed by atoms with Gasteiger partial charge >= 0.3 is 5.97 Å². The third-order valence-corrected chi connectivity index (χ3v) is 4.21. The maximum absolute atomic E-state index is 12.0. The van der Waals surface area contributed by atoms with Crippen molar-refractivity contribution in [1.29, 1.82) is 0 Å². The summed E-state index contributed by atoms with van der Waals surface area (Å²) < 4.78 is 16.7. The summed E-state index contributed by atoms with van der Waals surface area (Å²) in [5.41, 5.74) is 1.68. The van der Waals surface area contributed by atoms with E-state index in [2.05, 4.69) is 6.92 Å². The first-order valence-electron chi connectivity index (χ1n) is 9.09. The van der Waals surface area contributed by atoms with E-state index in [1.165, 1.54) is 6.08 Å². The lowest BCUT2D eigenvalue weighted by molar-refractivity contribution is -0.128. The average molecular weight is 389 g/mol. The third kappa shape index (κ3) is 6.65. The van der Waals surface area contributed by atoms with E-state index in [1.807, 2.05) is 32.0 Å². The van der Waals surface area contributed by atoms with Crippen LogP contribution in [0.5, 0.6) is 17.2 Å². The molecule has 2 rings (SSSR count). The molecule has 0 saturated carbocycles. The van der Waals surface area contributed by atoms with Gasteiger partial charge in [-0.2, -0.15) is 0 Å². The number of esters is 1. The lowest BCUT2D eigenvalue weighted by Gasteiger charge is -2.12. The van der Waals surface area contributed by atoms with Crippen molar-refractivity contribution in [3.63, 3.8) is 0 Å². The second kappa shape index (κ2) is 10.6. The van der Waals surface area contributed by atoms with Gasteiger partial charge in [-0.15, -0.1) is 0 Å². The van der Waals surface area contributed by atoms with Crippen molar-refractivity contribution in [3.8, 4) is 17.2 Å². The highest BCUT2D eigenvalue weighted by Crippen LogP contribution is 2.29. The van der Waals surface area contributed by atoms with Gasteiger partial charge in [-0.05, 0) is 67.8 Å². The maximum Gasteiger partial charge on any atom is 0.336 e. The third-order valence-electron chi connectivity index (χ3n) is 3.78. The Balaban J connectivity index is 2.04. The second-order valence-corrected chi connectivity index (χ2v) is 6.41. The number of hydrogen-bond acceptors (Lipinski definition) is 4. The Morgan fingerprint density at radius 1 is 1.07 bits per heavy atom. The minimum atomic E-state index is -0.460. The van der Waals surface area contributed by atoms with E-state index in [4.69, 9.17) is 25.8 Å². The molecule has 0 N–H and O–H groups in total. The molecule has 0 bridgehead atoms. The molecule has 0 aliphatic rings. The number of benzene rings is 2. The van der Waals surface area contributed by atoms with Crippen LogP contribution in [0.15, 0.2) is 42.5 Å². The summed E-state index contributed by atoms with van der Waals surface area (Å²) in [5.74, 6) is 1.37. The minimum Gasteiger partial charge on any atom is -0.490 e. The number of hydrogen-bond donors (Lipinski definition) is 0. The lowest BCUT2D eigenvalue weighted by atomic mass is 10.2. The molecular weight excluding hydrogens is 364 g/mol. The average Bonchev–Trinajstić information content (AvgIpc) is 2.65. The van der Waals surface area contributed by atoms with E-state index < -0.39 is 5.97 Å². The Bertz CT molecular complexity index is 799. The van der Waals surface area contributed by atoms with Gasteiger partial charge in [-0.3, -0.25) is 0 Å². The molecule has 0 aromatic heterocycles. The molecule has 0 unspecified atom stereocenters. The summed E-state index contributed by atoms with van der Waals surface area (Å²) in [4.78, 5) is 12.0. The van der Waals surface area contributed by atoms with Gasteiger partial charge in [-0.1, -0.05) is 31.0 Å². The molecule has 0 saturated heterocycles. The predicted octanol–water partition coefficient (Wildman–Crippen LogP) is 5.84. The van der Waals surface area contributed by atoms with Crippen LogP contribution >= 0.6 is 11.6 Å². The summed E-state index contributed by atoms with van der Waals surface area (Å²) in [5, 5.41) is 0.634. The number of aryl methyl sites for hydroxylation is 1. The Morgan fingerprint density at radius 2 is 1.89 bits per heavy atom. The maximum atomic E-state index is 12.0. The number of ether oxygens (including phenoxy) is 3. The van der Waals surface area contributed by atoms with E-state index in [9.17, 15) is 4.79 Å². The number of halogens is 1. The van der Waals surface area contributed by atoms with Crippen LogP contribution in [0.4, 0.5) is 0 Å². The van der Waals surface area contributed by atoms with Crippen LogP contribution in [-0.2, 0) is 4.79 Å². The fourth-order valence-corrected chi connectivity index (χ4v) is 2.45. The van der Waals surface area contributed by atoms with Crippen molar-refractivity contribution < 1.29 is 19.0 Å². The molecule has 0 heterocycles. The van der Waals surface area contributed by atoms with Gasteiger partial charge in [0.2, 0.25) is 0 Å². The van der Waals surface area contributed by atoms with Gasteiger partial charge in [-0.25, -0.2) is 4.79 Å². The molecular formula is C22H25ClO4. The molecule has 144 valence electrons. The van der Waals surface area contributed by atoms with Crippen LogP contribution in [0.25, 0.3) is 6.08 Å². The molecule has 0 spiro atoms. The number of carbonyl (C=O) groups excluding carboxylic acids is 1. The Hall–Kier alpha value is -2.46. The highest BCUT2D eigenvalue weighted by atomic mass is 35.5. The zero-order chi connectivity index (χ0) is 19.6. The number of unbranched alkanes of at least 4 members (excludes halogenated alkanes) is 1. The second-order valence-electron chi connectivity index (χ2n) is 6.01. The van der Waals surface area contributed by atoms with Crippen molar-refractivity contribution in [3.05, 3.63) is 58.6 Å². The standard InChI is InChI=1S/C22H25ClO4/c1-4-6-13-26-20-11-7-17(15-21(20)25-5-2)8-12-22(24)27-18-9-10-19(23)16(3)14-18/h7-12,14-15H,4-6,13H2,1-3H3/b12-8+. The molecule has 0 fully saturated rings. The van der Waals surface area contributed by atoms with E-state index in [0.717, 1.165) is 24.0 Å². The molecule has 0 radical (unpaired) electrons. The fourth-order valence-electron chi connectivity index (χ4n) is 2.34. The minimum absolute atomic E-state index is 0.459. The van der Waals surface area contributed by atoms with Crippen LogP contribution in [0.1, 0.15) is 37.8 Å². The topological polar surface area (TPSA) is 44.8 Å². The van der Waals surface area contributed by atoms with Gasteiger partial charge < -0.3 is 14.2 Å². The zero-order valence-electron chi connectivity index (χ0n) is 16.0. The number of carbonyl (C=O) groups is 1. The highest BCUT2D eigenvalue weighted by Gasteiger charge is 2.07. The summed E-state index contributed by atoms with van der Waals surface area (Å²) in [6, 6.07) is 10.7. The smallest absolute Gasteiger partial charge is 0.336 e. The summed E-state index contributed by atoms with van der Waals surface area (Å²) >= 11 is 5.98. The molecule has 0 aliphatic carbocycles. The largest absolute Gasteiger partial charge is 0.490 e. The van der Waals surface area contributed by atoms with E-state index in [-0.39, 0.29) is 0 Å². The molecule has 2 aromatic rings. The van der Waals surface area contributed by atoms with E-state index >= 15 is 0 Å².